The van der Waals surface area contributed by atoms with E-state index in [9.17, 15) is 13.2 Å². The topological polar surface area (TPSA) is 83.9 Å². The van der Waals surface area contributed by atoms with Gasteiger partial charge in [0.2, 0.25) is 10.0 Å². The normalized spacial score (nSPS) is 11.9. The van der Waals surface area contributed by atoms with Gasteiger partial charge >= 0.3 is 5.97 Å². The van der Waals surface area contributed by atoms with E-state index in [-0.39, 0.29) is 13.2 Å². The lowest BCUT2D eigenvalue weighted by Gasteiger charge is -2.14. The number of sulfonamides is 1. The Kier molecular flexibility index (Phi) is 4.89. The molecule has 0 aromatic carbocycles. The summed E-state index contributed by atoms with van der Waals surface area (Å²) in [6.07, 6.45) is 0. The minimum Gasteiger partial charge on any atom is -0.480 e. The van der Waals surface area contributed by atoms with Gasteiger partial charge in [0.1, 0.15) is 0 Å². The molecule has 0 aliphatic rings. The van der Waals surface area contributed by atoms with Gasteiger partial charge in [-0.25, -0.2) is 12.7 Å². The van der Waals surface area contributed by atoms with E-state index in [0.29, 0.717) is 0 Å². The van der Waals surface area contributed by atoms with Crippen LogP contribution in [0.3, 0.4) is 0 Å². The second-order valence-corrected chi connectivity index (χ2v) is 4.54. The standard InChI is InChI=1S/C6H13NO5S/c1-7(3-4-12-2)13(10,11)5-6(8)9/h3-5H2,1-2H3,(H,8,9). The monoisotopic (exact) mass is 211 g/mol. The van der Waals surface area contributed by atoms with Crippen LogP contribution in [0.15, 0.2) is 0 Å². The van der Waals surface area contributed by atoms with Crippen molar-refractivity contribution in [2.75, 3.05) is 33.1 Å². The second kappa shape index (κ2) is 5.15. The number of nitrogens with zero attached hydrogens (tertiary/aromatic N) is 1. The minimum atomic E-state index is -3.68. The first kappa shape index (κ1) is 12.3. The van der Waals surface area contributed by atoms with E-state index < -0.39 is 21.7 Å². The van der Waals surface area contributed by atoms with Crippen molar-refractivity contribution in [1.82, 2.24) is 4.31 Å². The van der Waals surface area contributed by atoms with Crippen LogP contribution in [0.2, 0.25) is 0 Å². The molecule has 0 saturated carbocycles. The number of carboxylic acid groups (broad SMARTS) is 1. The van der Waals surface area contributed by atoms with Gasteiger partial charge in [0.05, 0.1) is 6.61 Å². The van der Waals surface area contributed by atoms with Gasteiger partial charge in [-0.3, -0.25) is 4.79 Å². The fraction of sp³-hybridized carbons (Fsp3) is 0.833. The highest BCUT2D eigenvalue weighted by Gasteiger charge is 2.20. The maximum atomic E-state index is 11.1. The molecule has 0 unspecified atom stereocenters. The highest BCUT2D eigenvalue weighted by Crippen LogP contribution is 1.97. The van der Waals surface area contributed by atoms with Gasteiger partial charge in [0.15, 0.2) is 5.75 Å². The molecule has 6 nitrogen and oxygen atoms in total. The third kappa shape index (κ3) is 4.81. The van der Waals surface area contributed by atoms with Crippen LogP contribution >= 0.6 is 0 Å². The Balaban J connectivity index is 4.20. The molecular weight excluding hydrogens is 198 g/mol. The molecule has 0 saturated heterocycles. The summed E-state index contributed by atoms with van der Waals surface area (Å²) in [6, 6.07) is 0. The van der Waals surface area contributed by atoms with Crippen molar-refractivity contribution in [3.63, 3.8) is 0 Å². The third-order valence-electron chi connectivity index (χ3n) is 1.39. The largest absolute Gasteiger partial charge is 0.480 e. The van der Waals surface area contributed by atoms with Crippen LogP contribution in [0, 0.1) is 0 Å². The van der Waals surface area contributed by atoms with E-state index in [2.05, 4.69) is 4.74 Å². The molecule has 0 radical (unpaired) electrons. The van der Waals surface area contributed by atoms with Crippen LogP contribution in [-0.4, -0.2) is 56.9 Å². The van der Waals surface area contributed by atoms with Gasteiger partial charge in [0.25, 0.3) is 0 Å². The van der Waals surface area contributed by atoms with Gasteiger partial charge in [-0.05, 0) is 0 Å². The molecule has 0 bridgehead atoms. The summed E-state index contributed by atoms with van der Waals surface area (Å²) in [6.45, 7) is 0.404. The average molecular weight is 211 g/mol. The van der Waals surface area contributed by atoms with E-state index in [1.54, 1.807) is 0 Å². The second-order valence-electron chi connectivity index (χ2n) is 2.46. The number of hydrogen-bond acceptors (Lipinski definition) is 4. The van der Waals surface area contributed by atoms with Crippen LogP contribution in [0.4, 0.5) is 0 Å². The Morgan fingerprint density at radius 1 is 1.54 bits per heavy atom. The Morgan fingerprint density at radius 3 is 2.46 bits per heavy atom. The predicted molar refractivity (Wildman–Crippen MR) is 45.9 cm³/mol. The Hall–Kier alpha value is -0.660. The Bertz CT molecular complexity index is 260. The maximum absolute atomic E-state index is 11.1. The summed E-state index contributed by atoms with van der Waals surface area (Å²) in [5.74, 6) is -2.24. The van der Waals surface area contributed by atoms with Gasteiger partial charge < -0.3 is 9.84 Å². The van der Waals surface area contributed by atoms with Gasteiger partial charge in [-0.1, -0.05) is 0 Å². The number of ether oxygens (including phenoxy) is 1. The first-order chi connectivity index (χ1) is 5.90. The lowest BCUT2D eigenvalue weighted by Crippen LogP contribution is -2.34. The molecule has 0 aliphatic heterocycles. The molecule has 13 heavy (non-hydrogen) atoms. The van der Waals surface area contributed by atoms with E-state index in [1.165, 1.54) is 14.2 Å². The summed E-state index contributed by atoms with van der Waals surface area (Å²) in [5, 5.41) is 8.29. The molecule has 0 heterocycles. The molecule has 0 atom stereocenters. The van der Waals surface area contributed by atoms with E-state index in [0.717, 1.165) is 4.31 Å². The highest BCUT2D eigenvalue weighted by molar-refractivity contribution is 7.89. The van der Waals surface area contributed by atoms with Crippen LogP contribution in [0.25, 0.3) is 0 Å². The van der Waals surface area contributed by atoms with Crippen molar-refractivity contribution >= 4 is 16.0 Å². The van der Waals surface area contributed by atoms with Crippen molar-refractivity contribution < 1.29 is 23.1 Å². The van der Waals surface area contributed by atoms with Crippen LogP contribution in [-0.2, 0) is 19.6 Å². The van der Waals surface area contributed by atoms with Crippen LogP contribution in [0.1, 0.15) is 0 Å². The summed E-state index contributed by atoms with van der Waals surface area (Å²) < 4.78 is 27.9. The smallest absolute Gasteiger partial charge is 0.320 e. The lowest BCUT2D eigenvalue weighted by molar-refractivity contribution is -0.134. The van der Waals surface area contributed by atoms with Crippen molar-refractivity contribution in [2.45, 2.75) is 0 Å². The summed E-state index contributed by atoms with van der Waals surface area (Å²) in [7, 11) is -0.919. The molecule has 0 rings (SSSR count). The zero-order chi connectivity index (χ0) is 10.5. The number of aliphatic carboxylic acids is 1. The molecule has 7 heteroatoms. The number of carboxylic acids is 1. The van der Waals surface area contributed by atoms with Crippen molar-refractivity contribution in [2.24, 2.45) is 0 Å². The Labute approximate surface area is 77.2 Å². The first-order valence-electron chi connectivity index (χ1n) is 3.55. The zero-order valence-electron chi connectivity index (χ0n) is 7.56. The average Bonchev–Trinajstić information content (AvgIpc) is 1.97. The van der Waals surface area contributed by atoms with Crippen LogP contribution < -0.4 is 0 Å². The Morgan fingerprint density at radius 2 is 2.08 bits per heavy atom. The number of carbonyl (C=O) groups is 1. The van der Waals surface area contributed by atoms with E-state index in [1.807, 2.05) is 0 Å². The minimum absolute atomic E-state index is 0.159. The van der Waals surface area contributed by atoms with Crippen molar-refractivity contribution in [3.05, 3.63) is 0 Å². The molecule has 0 aromatic rings. The highest BCUT2D eigenvalue weighted by atomic mass is 32.2. The SMILES string of the molecule is COCCN(C)S(=O)(=O)CC(=O)O. The third-order valence-corrected chi connectivity index (χ3v) is 3.14. The molecular formula is C6H13NO5S. The number of methoxy groups -OCH3 is 1. The maximum Gasteiger partial charge on any atom is 0.320 e. The zero-order valence-corrected chi connectivity index (χ0v) is 8.37. The van der Waals surface area contributed by atoms with E-state index in [4.69, 9.17) is 5.11 Å². The van der Waals surface area contributed by atoms with E-state index >= 15 is 0 Å². The molecule has 1 N–H and O–H groups in total. The number of hydrogen-bond donors (Lipinski definition) is 1. The molecule has 78 valence electrons. The summed E-state index contributed by atoms with van der Waals surface area (Å²) >= 11 is 0. The quantitative estimate of drug-likeness (QED) is 0.608. The fourth-order valence-corrected chi connectivity index (χ4v) is 1.51. The fourth-order valence-electron chi connectivity index (χ4n) is 0.625. The van der Waals surface area contributed by atoms with Gasteiger partial charge in [-0.15, -0.1) is 0 Å². The summed E-state index contributed by atoms with van der Waals surface area (Å²) in [4.78, 5) is 10.2. The van der Waals surface area contributed by atoms with Gasteiger partial charge in [0, 0.05) is 20.7 Å². The van der Waals surface area contributed by atoms with Crippen molar-refractivity contribution in [1.29, 1.82) is 0 Å². The first-order valence-corrected chi connectivity index (χ1v) is 5.16. The van der Waals surface area contributed by atoms with Gasteiger partial charge in [-0.2, -0.15) is 0 Å². The molecule has 0 aliphatic carbocycles. The molecule has 0 amide bonds. The molecule has 0 spiro atoms. The number of likely N-dealkylation sites (N-methyl/N-ethyl adjacent to an activating group) is 1. The predicted octanol–water partition coefficient (Wildman–Crippen LogP) is -1.02. The number of rotatable bonds is 6. The lowest BCUT2D eigenvalue weighted by atomic mass is 10.7. The molecule has 0 aromatic heterocycles. The summed E-state index contributed by atoms with van der Waals surface area (Å²) in [5.41, 5.74) is 0. The van der Waals surface area contributed by atoms with Crippen molar-refractivity contribution in [3.8, 4) is 0 Å². The van der Waals surface area contributed by atoms with Crippen LogP contribution in [0.5, 0.6) is 0 Å². The molecule has 0 fully saturated rings.